The summed E-state index contributed by atoms with van der Waals surface area (Å²) in [5.41, 5.74) is 0. The van der Waals surface area contributed by atoms with Crippen molar-refractivity contribution in [2.24, 2.45) is 0 Å². The molecule has 0 bridgehead atoms. The molecule has 0 saturated heterocycles. The summed E-state index contributed by atoms with van der Waals surface area (Å²) in [6, 6.07) is 3.27. The van der Waals surface area contributed by atoms with Gasteiger partial charge in [0.25, 0.3) is 0 Å². The van der Waals surface area contributed by atoms with Gasteiger partial charge in [0.1, 0.15) is 5.75 Å². The van der Waals surface area contributed by atoms with E-state index in [9.17, 15) is 0 Å². The molecule has 1 aromatic rings. The zero-order valence-electron chi connectivity index (χ0n) is 12.8. The molecular weight excluding hydrogens is 347 g/mol. The molecule has 0 amide bonds. The van der Waals surface area contributed by atoms with Crippen molar-refractivity contribution in [3.05, 3.63) is 27.2 Å². The Balaban J connectivity index is 2.48. The van der Waals surface area contributed by atoms with Crippen LogP contribution in [0.4, 0.5) is 0 Å². The predicted molar refractivity (Wildman–Crippen MR) is 94.3 cm³/mol. The summed E-state index contributed by atoms with van der Waals surface area (Å²) in [4.78, 5) is 0. The van der Waals surface area contributed by atoms with Gasteiger partial charge in [-0.1, -0.05) is 67.4 Å². The second kappa shape index (κ2) is 9.26. The fourth-order valence-electron chi connectivity index (χ4n) is 1.92. The molecule has 0 N–H and O–H groups in total. The highest BCUT2D eigenvalue weighted by atomic mass is 35.5. The number of unbranched alkanes of at least 4 members (excludes halogenated alkanes) is 4. The quantitative estimate of drug-likeness (QED) is 0.273. The van der Waals surface area contributed by atoms with Crippen LogP contribution in [0.25, 0.3) is 0 Å². The van der Waals surface area contributed by atoms with Crippen LogP contribution in [0, 0.1) is 0 Å². The lowest BCUT2D eigenvalue weighted by molar-refractivity contribution is 0.241. The minimum Gasteiger partial charge on any atom is -0.519 e. The van der Waals surface area contributed by atoms with Gasteiger partial charge in [-0.25, -0.2) is 0 Å². The molecule has 21 heavy (non-hydrogen) atoms. The van der Waals surface area contributed by atoms with Crippen LogP contribution in [0.3, 0.4) is 0 Å². The lowest BCUT2D eigenvalue weighted by Crippen LogP contribution is -2.38. The zero-order chi connectivity index (χ0) is 15.9. The third-order valence-corrected chi connectivity index (χ3v) is 5.63. The van der Waals surface area contributed by atoms with E-state index in [2.05, 4.69) is 6.92 Å². The van der Waals surface area contributed by atoms with Gasteiger partial charge in [0.15, 0.2) is 0 Å². The molecule has 0 aliphatic rings. The SMILES string of the molecule is CCCCCCCO[Si](C)(C)Oc1cc(Cl)cc(Cl)c1Cl. The Bertz CT molecular complexity index is 453. The van der Waals surface area contributed by atoms with E-state index in [1.807, 2.05) is 13.1 Å². The Morgan fingerprint density at radius 2 is 1.67 bits per heavy atom. The summed E-state index contributed by atoms with van der Waals surface area (Å²) >= 11 is 18.1. The van der Waals surface area contributed by atoms with E-state index in [0.29, 0.717) is 20.8 Å². The maximum absolute atomic E-state index is 6.14. The fourth-order valence-corrected chi connectivity index (χ4v) is 4.00. The van der Waals surface area contributed by atoms with Crippen molar-refractivity contribution in [2.75, 3.05) is 6.61 Å². The average Bonchev–Trinajstić information content (AvgIpc) is 2.39. The van der Waals surface area contributed by atoms with E-state index in [1.54, 1.807) is 12.1 Å². The third-order valence-electron chi connectivity index (χ3n) is 3.01. The molecule has 120 valence electrons. The molecule has 0 radical (unpaired) electrons. The molecule has 6 heteroatoms. The van der Waals surface area contributed by atoms with E-state index in [-0.39, 0.29) is 0 Å². The summed E-state index contributed by atoms with van der Waals surface area (Å²) in [5, 5.41) is 1.28. The molecule has 1 aromatic carbocycles. The van der Waals surface area contributed by atoms with Crippen LogP contribution in [0.2, 0.25) is 28.2 Å². The van der Waals surface area contributed by atoms with Gasteiger partial charge in [-0.15, -0.1) is 0 Å². The first kappa shape index (κ1) is 19.1. The van der Waals surface area contributed by atoms with Gasteiger partial charge in [0.2, 0.25) is 0 Å². The van der Waals surface area contributed by atoms with E-state index in [4.69, 9.17) is 43.7 Å². The van der Waals surface area contributed by atoms with Gasteiger partial charge in [-0.3, -0.25) is 0 Å². The van der Waals surface area contributed by atoms with Crippen LogP contribution in [0.15, 0.2) is 12.1 Å². The highest BCUT2D eigenvalue weighted by Crippen LogP contribution is 2.36. The standard InChI is InChI=1S/C15H23Cl3O2Si/c1-4-5-6-7-8-9-19-21(2,3)20-14-11-12(16)10-13(17)15(14)18/h10-11H,4-9H2,1-3H3. The Labute approximate surface area is 143 Å². The van der Waals surface area contributed by atoms with Gasteiger partial charge in [-0.05, 0) is 31.6 Å². The number of halogens is 3. The molecule has 0 unspecified atom stereocenters. The number of hydrogen-bond donors (Lipinski definition) is 0. The van der Waals surface area contributed by atoms with E-state index < -0.39 is 8.56 Å². The second-order valence-electron chi connectivity index (χ2n) is 5.46. The number of benzene rings is 1. The van der Waals surface area contributed by atoms with Gasteiger partial charge < -0.3 is 8.85 Å². The number of hydrogen-bond acceptors (Lipinski definition) is 2. The smallest absolute Gasteiger partial charge is 0.392 e. The summed E-state index contributed by atoms with van der Waals surface area (Å²) in [6.45, 7) is 6.91. The zero-order valence-corrected chi connectivity index (χ0v) is 16.1. The summed E-state index contributed by atoms with van der Waals surface area (Å²) in [7, 11) is -2.29. The molecule has 0 aliphatic heterocycles. The van der Waals surface area contributed by atoms with Crippen molar-refractivity contribution in [3.8, 4) is 5.75 Å². The van der Waals surface area contributed by atoms with Crippen molar-refractivity contribution in [1.29, 1.82) is 0 Å². The maximum atomic E-state index is 6.14. The monoisotopic (exact) mass is 368 g/mol. The topological polar surface area (TPSA) is 18.5 Å². The highest BCUT2D eigenvalue weighted by Gasteiger charge is 2.28. The maximum Gasteiger partial charge on any atom is 0.392 e. The van der Waals surface area contributed by atoms with Crippen LogP contribution in [-0.2, 0) is 4.43 Å². The van der Waals surface area contributed by atoms with Crippen LogP contribution in [0.5, 0.6) is 5.75 Å². The molecular formula is C15H23Cl3O2Si. The number of rotatable bonds is 9. The van der Waals surface area contributed by atoms with Gasteiger partial charge in [0, 0.05) is 11.6 Å². The second-order valence-corrected chi connectivity index (χ2v) is 9.98. The lowest BCUT2D eigenvalue weighted by Gasteiger charge is -2.24. The van der Waals surface area contributed by atoms with Gasteiger partial charge in [-0.2, -0.15) is 0 Å². The first-order valence-electron chi connectivity index (χ1n) is 7.33. The molecule has 0 fully saturated rings. The van der Waals surface area contributed by atoms with Crippen LogP contribution in [0.1, 0.15) is 39.0 Å². The molecule has 0 aliphatic carbocycles. The van der Waals surface area contributed by atoms with Crippen molar-refractivity contribution in [2.45, 2.75) is 52.1 Å². The van der Waals surface area contributed by atoms with Crippen molar-refractivity contribution >= 4 is 43.4 Å². The van der Waals surface area contributed by atoms with Crippen LogP contribution in [-0.4, -0.2) is 15.2 Å². The summed E-state index contributed by atoms with van der Waals surface area (Å²) < 4.78 is 11.9. The average molecular weight is 370 g/mol. The van der Waals surface area contributed by atoms with Gasteiger partial charge in [0.05, 0.1) is 10.0 Å². The third kappa shape index (κ3) is 7.25. The van der Waals surface area contributed by atoms with Crippen LogP contribution >= 0.6 is 34.8 Å². The highest BCUT2D eigenvalue weighted by molar-refractivity contribution is 6.65. The minimum absolute atomic E-state index is 0.383. The Kier molecular flexibility index (Phi) is 8.43. The summed E-state index contributed by atoms with van der Waals surface area (Å²) in [5.74, 6) is 0.497. The molecule has 2 nitrogen and oxygen atoms in total. The Hall–Kier alpha value is 0.0669. The van der Waals surface area contributed by atoms with Crippen molar-refractivity contribution < 1.29 is 8.85 Å². The van der Waals surface area contributed by atoms with Crippen molar-refractivity contribution in [3.63, 3.8) is 0 Å². The fraction of sp³-hybridized carbons (Fsp3) is 0.600. The molecule has 1 rings (SSSR count). The first-order chi connectivity index (χ1) is 9.85. The molecule has 0 spiro atoms. The molecule has 0 aromatic heterocycles. The van der Waals surface area contributed by atoms with Crippen LogP contribution < -0.4 is 4.43 Å². The Morgan fingerprint density at radius 1 is 1.00 bits per heavy atom. The van der Waals surface area contributed by atoms with Gasteiger partial charge >= 0.3 is 8.56 Å². The minimum atomic E-state index is -2.29. The first-order valence-corrected chi connectivity index (χ1v) is 11.3. The summed E-state index contributed by atoms with van der Waals surface area (Å²) in [6.07, 6.45) is 6.05. The normalized spacial score (nSPS) is 11.7. The van der Waals surface area contributed by atoms with Crippen molar-refractivity contribution in [1.82, 2.24) is 0 Å². The largest absolute Gasteiger partial charge is 0.519 e. The molecule has 0 atom stereocenters. The van der Waals surface area contributed by atoms with E-state index in [0.717, 1.165) is 13.0 Å². The van der Waals surface area contributed by atoms with E-state index >= 15 is 0 Å². The predicted octanol–water partition coefficient (Wildman–Crippen LogP) is 6.71. The Morgan fingerprint density at radius 3 is 2.33 bits per heavy atom. The molecule has 0 saturated carbocycles. The van der Waals surface area contributed by atoms with E-state index in [1.165, 1.54) is 25.7 Å². The lowest BCUT2D eigenvalue weighted by atomic mass is 10.2. The molecule has 0 heterocycles.